The van der Waals surface area contributed by atoms with Crippen LogP contribution in [0.2, 0.25) is 0 Å². The maximum Gasteiger partial charge on any atom is 0.129 e. The minimum Gasteiger partial charge on any atom is -0.370 e. The first-order chi connectivity index (χ1) is 12.3. The molecule has 6 heteroatoms. The third kappa shape index (κ3) is 4.66. The average Bonchev–Trinajstić information content (AvgIpc) is 3.13. The highest BCUT2D eigenvalue weighted by Gasteiger charge is 2.22. The molecule has 134 valence electrons. The van der Waals surface area contributed by atoms with Crippen LogP contribution in [0.1, 0.15) is 33.1 Å². The summed E-state index contributed by atoms with van der Waals surface area (Å²) in [5.74, 6) is 1.78. The van der Waals surface area contributed by atoms with Crippen LogP contribution in [0.5, 0.6) is 0 Å². The van der Waals surface area contributed by atoms with Crippen LogP contribution in [-0.2, 0) is 0 Å². The highest BCUT2D eigenvalue weighted by Crippen LogP contribution is 2.20. The number of anilines is 2. The lowest BCUT2D eigenvalue weighted by atomic mass is 10.2. The van der Waals surface area contributed by atoms with Crippen molar-refractivity contribution in [3.8, 4) is 11.3 Å². The summed E-state index contributed by atoms with van der Waals surface area (Å²) in [5.41, 5.74) is 1.89. The van der Waals surface area contributed by atoms with Gasteiger partial charge in [-0.2, -0.15) is 0 Å². The first-order valence-corrected chi connectivity index (χ1v) is 9.30. The van der Waals surface area contributed by atoms with E-state index in [-0.39, 0.29) is 0 Å². The second-order valence-electron chi connectivity index (χ2n) is 6.45. The van der Waals surface area contributed by atoms with Gasteiger partial charge in [-0.1, -0.05) is 13.8 Å². The Labute approximate surface area is 150 Å². The van der Waals surface area contributed by atoms with Crippen LogP contribution in [-0.4, -0.2) is 52.1 Å². The number of likely N-dealkylation sites (N-methyl/N-ethyl adjacent to an activating group) is 1. The third-order valence-electron chi connectivity index (χ3n) is 4.71. The Kier molecular flexibility index (Phi) is 6.17. The number of aromatic nitrogens is 3. The van der Waals surface area contributed by atoms with Crippen molar-refractivity contribution in [1.82, 2.24) is 19.9 Å². The van der Waals surface area contributed by atoms with Crippen LogP contribution >= 0.6 is 0 Å². The molecule has 2 N–H and O–H groups in total. The minimum absolute atomic E-state index is 0.625. The number of rotatable bonds is 8. The zero-order valence-corrected chi connectivity index (χ0v) is 15.2. The third-order valence-corrected chi connectivity index (χ3v) is 4.71. The molecule has 0 amide bonds. The zero-order chi connectivity index (χ0) is 17.5. The molecule has 25 heavy (non-hydrogen) atoms. The Hall–Kier alpha value is -2.21. The molecule has 1 fully saturated rings. The molecule has 0 aromatic carbocycles. The van der Waals surface area contributed by atoms with Gasteiger partial charge in [-0.3, -0.25) is 4.90 Å². The smallest absolute Gasteiger partial charge is 0.129 e. The summed E-state index contributed by atoms with van der Waals surface area (Å²) >= 11 is 0. The topological polar surface area (TPSA) is 66.0 Å². The molecule has 0 saturated carbocycles. The van der Waals surface area contributed by atoms with Crippen molar-refractivity contribution in [3.05, 3.63) is 30.7 Å². The van der Waals surface area contributed by atoms with Crippen molar-refractivity contribution < 1.29 is 0 Å². The van der Waals surface area contributed by atoms with Gasteiger partial charge in [-0.25, -0.2) is 15.0 Å². The molecule has 3 heterocycles. The highest BCUT2D eigenvalue weighted by molar-refractivity contribution is 5.62. The molecule has 1 saturated heterocycles. The minimum atomic E-state index is 0.625. The number of hydrogen-bond donors (Lipinski definition) is 2. The van der Waals surface area contributed by atoms with E-state index in [1.54, 1.807) is 6.33 Å². The summed E-state index contributed by atoms with van der Waals surface area (Å²) in [6.45, 7) is 8.58. The van der Waals surface area contributed by atoms with Gasteiger partial charge >= 0.3 is 0 Å². The van der Waals surface area contributed by atoms with Crippen LogP contribution in [0.25, 0.3) is 11.3 Å². The largest absolute Gasteiger partial charge is 0.370 e. The molecule has 2 aromatic rings. The molecule has 0 spiro atoms. The fourth-order valence-corrected chi connectivity index (χ4v) is 3.28. The standard InChI is InChI=1S/C19H28N6/c1-3-9-20-19-11-17(23-14-24-19)15-7-8-18(21-12-15)22-13-16-6-5-10-25(16)4-2/h7-8,11-12,14,16H,3-6,9-10,13H2,1-2H3,(H,21,22)(H,20,23,24). The predicted octanol–water partition coefficient (Wildman–Crippen LogP) is 3.26. The van der Waals surface area contributed by atoms with Gasteiger partial charge in [0.2, 0.25) is 0 Å². The van der Waals surface area contributed by atoms with Crippen LogP contribution in [0.15, 0.2) is 30.7 Å². The van der Waals surface area contributed by atoms with Gasteiger partial charge in [0.1, 0.15) is 18.0 Å². The maximum atomic E-state index is 4.55. The van der Waals surface area contributed by atoms with Gasteiger partial charge in [0.25, 0.3) is 0 Å². The molecular formula is C19H28N6. The number of likely N-dealkylation sites (tertiary alicyclic amines) is 1. The molecule has 6 nitrogen and oxygen atoms in total. The summed E-state index contributed by atoms with van der Waals surface area (Å²) in [4.78, 5) is 15.7. The van der Waals surface area contributed by atoms with Crippen molar-refractivity contribution in [3.63, 3.8) is 0 Å². The van der Waals surface area contributed by atoms with Crippen molar-refractivity contribution in [2.24, 2.45) is 0 Å². The molecule has 1 aliphatic heterocycles. The Morgan fingerprint density at radius 2 is 2.04 bits per heavy atom. The second kappa shape index (κ2) is 8.76. The van der Waals surface area contributed by atoms with E-state index in [2.05, 4.69) is 50.4 Å². The fraction of sp³-hybridized carbons (Fsp3) is 0.526. The summed E-state index contributed by atoms with van der Waals surface area (Å²) in [5, 5.41) is 6.76. The summed E-state index contributed by atoms with van der Waals surface area (Å²) < 4.78 is 0. The Bertz CT molecular complexity index is 657. The molecule has 1 atom stereocenters. The molecule has 1 unspecified atom stereocenters. The van der Waals surface area contributed by atoms with Crippen molar-refractivity contribution in [2.75, 3.05) is 36.8 Å². The summed E-state index contributed by atoms with van der Waals surface area (Å²) in [7, 11) is 0. The summed E-state index contributed by atoms with van der Waals surface area (Å²) in [6, 6.07) is 6.69. The Morgan fingerprint density at radius 1 is 1.12 bits per heavy atom. The maximum absolute atomic E-state index is 4.55. The van der Waals surface area contributed by atoms with Crippen LogP contribution < -0.4 is 10.6 Å². The molecule has 3 rings (SSSR count). The Balaban J connectivity index is 1.60. The predicted molar refractivity (Wildman–Crippen MR) is 103 cm³/mol. The van der Waals surface area contributed by atoms with Gasteiger partial charge < -0.3 is 10.6 Å². The van der Waals surface area contributed by atoms with E-state index in [1.807, 2.05) is 18.3 Å². The van der Waals surface area contributed by atoms with Crippen LogP contribution in [0.4, 0.5) is 11.6 Å². The number of nitrogens with zero attached hydrogens (tertiary/aromatic N) is 4. The molecule has 1 aliphatic rings. The van der Waals surface area contributed by atoms with Crippen LogP contribution in [0, 0.1) is 0 Å². The lowest BCUT2D eigenvalue weighted by molar-refractivity contribution is 0.277. The molecule has 2 aromatic heterocycles. The number of nitrogens with one attached hydrogen (secondary N) is 2. The van der Waals surface area contributed by atoms with Crippen LogP contribution in [0.3, 0.4) is 0 Å². The number of hydrogen-bond acceptors (Lipinski definition) is 6. The van der Waals surface area contributed by atoms with E-state index < -0.39 is 0 Å². The summed E-state index contributed by atoms with van der Waals surface area (Å²) in [6.07, 6.45) is 7.11. The quantitative estimate of drug-likeness (QED) is 0.769. The number of pyridine rings is 1. The van der Waals surface area contributed by atoms with E-state index in [0.29, 0.717) is 6.04 Å². The first kappa shape index (κ1) is 17.6. The monoisotopic (exact) mass is 340 g/mol. The van der Waals surface area contributed by atoms with Crippen molar-refractivity contribution in [1.29, 1.82) is 0 Å². The van der Waals surface area contributed by atoms with Crippen molar-refractivity contribution in [2.45, 2.75) is 39.2 Å². The van der Waals surface area contributed by atoms with E-state index in [9.17, 15) is 0 Å². The fourth-order valence-electron chi connectivity index (χ4n) is 3.28. The molecule has 0 radical (unpaired) electrons. The van der Waals surface area contributed by atoms with E-state index in [1.165, 1.54) is 19.4 Å². The normalized spacial score (nSPS) is 17.6. The second-order valence-corrected chi connectivity index (χ2v) is 6.45. The zero-order valence-electron chi connectivity index (χ0n) is 15.2. The highest BCUT2D eigenvalue weighted by atomic mass is 15.2. The lowest BCUT2D eigenvalue weighted by Crippen LogP contribution is -2.34. The lowest BCUT2D eigenvalue weighted by Gasteiger charge is -2.23. The van der Waals surface area contributed by atoms with Gasteiger partial charge in [-0.15, -0.1) is 0 Å². The van der Waals surface area contributed by atoms with E-state index in [4.69, 9.17) is 0 Å². The van der Waals surface area contributed by atoms with Gasteiger partial charge in [0.15, 0.2) is 0 Å². The van der Waals surface area contributed by atoms with E-state index >= 15 is 0 Å². The van der Waals surface area contributed by atoms with Gasteiger partial charge in [-0.05, 0) is 44.5 Å². The average molecular weight is 340 g/mol. The van der Waals surface area contributed by atoms with E-state index in [0.717, 1.165) is 48.9 Å². The van der Waals surface area contributed by atoms with Crippen molar-refractivity contribution >= 4 is 11.6 Å². The Morgan fingerprint density at radius 3 is 2.80 bits per heavy atom. The SMILES string of the molecule is CCCNc1cc(-c2ccc(NCC3CCCN3CC)nc2)ncn1. The van der Waals surface area contributed by atoms with Gasteiger partial charge in [0.05, 0.1) is 5.69 Å². The molecule has 0 aliphatic carbocycles. The molecular weight excluding hydrogens is 312 g/mol. The first-order valence-electron chi connectivity index (χ1n) is 9.30. The molecule has 0 bridgehead atoms. The van der Waals surface area contributed by atoms with Gasteiger partial charge in [0, 0.05) is 37.0 Å².